The van der Waals surface area contributed by atoms with Crippen LogP contribution in [0, 0.1) is 6.92 Å². The molecule has 6 N–H and O–H groups in total. The fourth-order valence-electron chi connectivity index (χ4n) is 4.63. The summed E-state index contributed by atoms with van der Waals surface area (Å²) >= 11 is 0. The first kappa shape index (κ1) is 23.6. The van der Waals surface area contributed by atoms with Gasteiger partial charge in [0.15, 0.2) is 0 Å². The van der Waals surface area contributed by atoms with Gasteiger partial charge in [0, 0.05) is 41.7 Å². The van der Waals surface area contributed by atoms with E-state index in [2.05, 4.69) is 21.5 Å². The van der Waals surface area contributed by atoms with Crippen molar-refractivity contribution in [3.05, 3.63) is 65.6 Å². The zero-order valence-corrected chi connectivity index (χ0v) is 20.7. The molecular formula is C27H31N7O2. The van der Waals surface area contributed by atoms with Crippen molar-refractivity contribution in [3.63, 3.8) is 0 Å². The number of hydrogen-bond acceptors (Lipinski definition) is 7. The molecule has 3 aromatic heterocycles. The summed E-state index contributed by atoms with van der Waals surface area (Å²) < 4.78 is 7.10. The number of benzene rings is 1. The number of aliphatic imine (C=N–C) groups is 1. The van der Waals surface area contributed by atoms with Crippen LogP contribution in [-0.4, -0.2) is 44.7 Å². The Morgan fingerprint density at radius 2 is 2.06 bits per heavy atom. The van der Waals surface area contributed by atoms with E-state index in [0.717, 1.165) is 58.4 Å². The summed E-state index contributed by atoms with van der Waals surface area (Å²) in [5.41, 5.74) is 19.8. The summed E-state index contributed by atoms with van der Waals surface area (Å²) in [5.74, 6) is 1.13. The van der Waals surface area contributed by atoms with Crippen molar-refractivity contribution in [2.24, 2.45) is 16.5 Å². The number of aromatic hydroxyl groups is 1. The van der Waals surface area contributed by atoms with Crippen LogP contribution in [0.2, 0.25) is 0 Å². The molecule has 0 aliphatic heterocycles. The van der Waals surface area contributed by atoms with Gasteiger partial charge in [-0.15, -0.1) is 0 Å². The molecular weight excluding hydrogens is 454 g/mol. The number of hydrogen-bond donors (Lipinski definition) is 4. The van der Waals surface area contributed by atoms with Gasteiger partial charge < -0.3 is 26.6 Å². The predicted octanol–water partition coefficient (Wildman–Crippen LogP) is 3.92. The zero-order valence-electron chi connectivity index (χ0n) is 20.7. The highest BCUT2D eigenvalue weighted by atomic mass is 16.5. The van der Waals surface area contributed by atoms with Gasteiger partial charge in [0.1, 0.15) is 11.6 Å². The summed E-state index contributed by atoms with van der Waals surface area (Å²) in [6.07, 6.45) is 8.03. The van der Waals surface area contributed by atoms with Crippen molar-refractivity contribution in [3.8, 4) is 22.8 Å². The molecule has 186 valence electrons. The van der Waals surface area contributed by atoms with Crippen LogP contribution in [0.25, 0.3) is 16.6 Å². The Morgan fingerprint density at radius 1 is 1.25 bits per heavy atom. The molecule has 0 amide bonds. The fraction of sp³-hybridized carbons (Fsp3) is 0.296. The number of rotatable bonds is 7. The Balaban J connectivity index is 1.61. The minimum atomic E-state index is 0.203. The summed E-state index contributed by atoms with van der Waals surface area (Å²) in [5, 5.41) is 18.1. The number of nitrogens with zero attached hydrogens (tertiary/aromatic N) is 4. The molecule has 1 aromatic carbocycles. The van der Waals surface area contributed by atoms with E-state index in [4.69, 9.17) is 21.2 Å². The van der Waals surface area contributed by atoms with Gasteiger partial charge in [0.2, 0.25) is 5.88 Å². The lowest BCUT2D eigenvalue weighted by atomic mass is 9.87. The molecule has 5 rings (SSSR count). The largest absolute Gasteiger partial charge is 0.508 e. The summed E-state index contributed by atoms with van der Waals surface area (Å²) in [6, 6.07) is 9.56. The second-order valence-corrected chi connectivity index (χ2v) is 9.27. The number of nitrogens with two attached hydrogens (primary N) is 2. The van der Waals surface area contributed by atoms with Gasteiger partial charge in [0.25, 0.3) is 0 Å². The molecule has 9 nitrogen and oxygen atoms in total. The minimum Gasteiger partial charge on any atom is -0.508 e. The maximum absolute atomic E-state index is 9.86. The SMILES string of the molecule is CCc1cc(O)ccc1/N=C(\N)c1cnn2cc(-c3cnc(OC)cc3C)cc2c1NC1CC(N)C1. The summed E-state index contributed by atoms with van der Waals surface area (Å²) in [7, 11) is 1.61. The quantitative estimate of drug-likeness (QED) is 0.230. The van der Waals surface area contributed by atoms with Crippen LogP contribution in [0.3, 0.4) is 0 Å². The van der Waals surface area contributed by atoms with Gasteiger partial charge in [-0.05, 0) is 61.6 Å². The van der Waals surface area contributed by atoms with E-state index in [1.54, 1.807) is 31.5 Å². The van der Waals surface area contributed by atoms with Crippen LogP contribution in [0.15, 0.2) is 53.9 Å². The molecule has 9 heteroatoms. The Bertz CT molecular complexity index is 1450. The number of nitrogens with one attached hydrogen (secondary N) is 1. The molecule has 1 saturated carbocycles. The number of aryl methyl sites for hydroxylation is 2. The topological polar surface area (TPSA) is 136 Å². The van der Waals surface area contributed by atoms with Crippen molar-refractivity contribution in [2.45, 2.75) is 45.2 Å². The first-order chi connectivity index (χ1) is 17.4. The Labute approximate surface area is 209 Å². The lowest BCUT2D eigenvalue weighted by Crippen LogP contribution is -2.44. The third-order valence-corrected chi connectivity index (χ3v) is 6.73. The number of methoxy groups -OCH3 is 1. The molecule has 0 unspecified atom stereocenters. The molecule has 0 bridgehead atoms. The number of aromatic nitrogens is 3. The van der Waals surface area contributed by atoms with E-state index >= 15 is 0 Å². The van der Waals surface area contributed by atoms with E-state index in [1.165, 1.54) is 0 Å². The maximum atomic E-state index is 9.86. The van der Waals surface area contributed by atoms with E-state index in [1.807, 2.05) is 36.8 Å². The van der Waals surface area contributed by atoms with Crippen molar-refractivity contribution >= 4 is 22.7 Å². The second-order valence-electron chi connectivity index (χ2n) is 9.27. The Hall–Kier alpha value is -4.11. The second kappa shape index (κ2) is 9.50. The molecule has 4 aromatic rings. The van der Waals surface area contributed by atoms with Gasteiger partial charge >= 0.3 is 0 Å². The van der Waals surface area contributed by atoms with Gasteiger partial charge in [-0.3, -0.25) is 0 Å². The van der Waals surface area contributed by atoms with E-state index in [0.29, 0.717) is 17.3 Å². The number of phenols is 1. The molecule has 0 saturated heterocycles. The third kappa shape index (κ3) is 4.45. The van der Waals surface area contributed by atoms with E-state index in [-0.39, 0.29) is 17.8 Å². The van der Waals surface area contributed by atoms with Crippen LogP contribution in [0.1, 0.15) is 36.5 Å². The van der Waals surface area contributed by atoms with Crippen LogP contribution in [0.4, 0.5) is 11.4 Å². The van der Waals surface area contributed by atoms with Crippen LogP contribution < -0.4 is 21.5 Å². The van der Waals surface area contributed by atoms with Gasteiger partial charge in [-0.2, -0.15) is 5.10 Å². The standard InChI is InChI=1S/C27H31N7O2/c1-4-16-8-20(35)5-6-23(16)33-27(29)22-13-31-34-14-17(21-12-30-25(36-3)7-15(21)2)9-24(34)26(22)32-19-10-18(28)11-19/h5-9,12-14,18-19,32,35H,4,10-11,28H2,1-3H3,(H2,29,33). The van der Waals surface area contributed by atoms with Crippen molar-refractivity contribution in [2.75, 3.05) is 12.4 Å². The van der Waals surface area contributed by atoms with Crippen molar-refractivity contribution in [1.29, 1.82) is 0 Å². The average Bonchev–Trinajstić information content (AvgIpc) is 3.28. The Morgan fingerprint density at radius 3 is 2.75 bits per heavy atom. The minimum absolute atomic E-state index is 0.203. The van der Waals surface area contributed by atoms with Gasteiger partial charge in [0.05, 0.1) is 35.8 Å². The Kier molecular flexibility index (Phi) is 6.24. The maximum Gasteiger partial charge on any atom is 0.213 e. The monoisotopic (exact) mass is 485 g/mol. The third-order valence-electron chi connectivity index (χ3n) is 6.73. The molecule has 0 atom stereocenters. The number of fused-ring (bicyclic) bond motifs is 1. The highest BCUT2D eigenvalue weighted by Gasteiger charge is 2.28. The van der Waals surface area contributed by atoms with Gasteiger partial charge in [-0.25, -0.2) is 14.5 Å². The number of ether oxygens (including phenoxy) is 1. The molecule has 36 heavy (non-hydrogen) atoms. The summed E-state index contributed by atoms with van der Waals surface area (Å²) in [6.45, 7) is 4.05. The molecule has 1 fully saturated rings. The summed E-state index contributed by atoms with van der Waals surface area (Å²) in [4.78, 5) is 9.10. The fourth-order valence-corrected chi connectivity index (χ4v) is 4.63. The van der Waals surface area contributed by atoms with Crippen molar-refractivity contribution < 1.29 is 9.84 Å². The molecule has 0 spiro atoms. The van der Waals surface area contributed by atoms with E-state index in [9.17, 15) is 5.11 Å². The number of anilines is 1. The predicted molar refractivity (Wildman–Crippen MR) is 142 cm³/mol. The van der Waals surface area contributed by atoms with Crippen molar-refractivity contribution in [1.82, 2.24) is 14.6 Å². The smallest absolute Gasteiger partial charge is 0.213 e. The lowest BCUT2D eigenvalue weighted by molar-refractivity contribution is 0.374. The number of phenolic OH excluding ortho intramolecular Hbond substituents is 1. The first-order valence-electron chi connectivity index (χ1n) is 12.1. The molecule has 0 radical (unpaired) electrons. The normalized spacial score (nSPS) is 17.7. The zero-order chi connectivity index (χ0) is 25.4. The lowest BCUT2D eigenvalue weighted by Gasteiger charge is -2.34. The molecule has 3 heterocycles. The first-order valence-corrected chi connectivity index (χ1v) is 12.1. The van der Waals surface area contributed by atoms with Crippen LogP contribution >= 0.6 is 0 Å². The average molecular weight is 486 g/mol. The molecule has 1 aliphatic rings. The van der Waals surface area contributed by atoms with Crippen LogP contribution in [-0.2, 0) is 6.42 Å². The van der Waals surface area contributed by atoms with E-state index < -0.39 is 0 Å². The highest BCUT2D eigenvalue weighted by Crippen LogP contribution is 2.34. The van der Waals surface area contributed by atoms with Gasteiger partial charge in [-0.1, -0.05) is 6.92 Å². The molecule has 1 aliphatic carbocycles. The number of amidine groups is 1. The highest BCUT2D eigenvalue weighted by molar-refractivity contribution is 6.06. The van der Waals surface area contributed by atoms with Crippen LogP contribution in [0.5, 0.6) is 11.6 Å². The number of pyridine rings is 1.